The molecular weight excluding hydrogens is 195 g/mol. The average Bonchev–Trinajstić information content (AvgIpc) is 2.25. The highest BCUT2D eigenvalue weighted by atomic mass is 32.3. The van der Waals surface area contributed by atoms with E-state index < -0.39 is 28.8 Å². The van der Waals surface area contributed by atoms with Gasteiger partial charge in [0.05, 0.1) is 7.11 Å². The molecule has 1 atom stereocenters. The van der Waals surface area contributed by atoms with Crippen LogP contribution in [-0.4, -0.2) is 34.0 Å². The van der Waals surface area contributed by atoms with Crippen molar-refractivity contribution in [3.05, 3.63) is 0 Å². The maximum absolute atomic E-state index is 13.0. The summed E-state index contributed by atoms with van der Waals surface area (Å²) in [7, 11) is -3.48. The quantitative estimate of drug-likeness (QED) is 0.511. The smallest absolute Gasteiger partial charge is 0.403 e. The molecule has 8 heteroatoms. The first-order chi connectivity index (χ1) is 5.40. The molecule has 0 amide bonds. The minimum absolute atomic E-state index is 0.901. The molecule has 70 valence electrons. The van der Waals surface area contributed by atoms with E-state index in [-0.39, 0.29) is 0 Å². The highest BCUT2D eigenvalue weighted by Gasteiger charge is 2.53. The van der Waals surface area contributed by atoms with Gasteiger partial charge >= 0.3 is 22.2 Å². The van der Waals surface area contributed by atoms with Crippen molar-refractivity contribution in [1.82, 2.24) is 0 Å². The molecule has 0 N–H and O–H groups in total. The van der Waals surface area contributed by atoms with Gasteiger partial charge in [-0.15, -0.1) is 0 Å². The van der Waals surface area contributed by atoms with Gasteiger partial charge in [0.1, 0.15) is 6.61 Å². The fourth-order valence-electron chi connectivity index (χ4n) is 0.603. The number of esters is 1. The first kappa shape index (κ1) is 9.36. The maximum atomic E-state index is 13.0. The molecule has 0 saturated carbocycles. The number of rotatable bonds is 1. The van der Waals surface area contributed by atoms with Crippen LogP contribution in [0.5, 0.6) is 0 Å². The van der Waals surface area contributed by atoms with Crippen molar-refractivity contribution < 1.29 is 30.7 Å². The number of hydrogen-bond acceptors (Lipinski definition) is 6. The van der Waals surface area contributed by atoms with Gasteiger partial charge in [0.25, 0.3) is 0 Å². The standard InChI is InChI=1S/C4H5FO6S/c1-9-3(6)4(5)2-10-12(7,8)11-4/h2H2,1H3. The molecule has 1 saturated heterocycles. The Morgan fingerprint density at radius 2 is 2.25 bits per heavy atom. The molecule has 0 aromatic carbocycles. The van der Waals surface area contributed by atoms with Gasteiger partial charge in [0, 0.05) is 0 Å². The van der Waals surface area contributed by atoms with Crippen molar-refractivity contribution in [3.8, 4) is 0 Å². The van der Waals surface area contributed by atoms with Crippen molar-refractivity contribution in [2.75, 3.05) is 13.7 Å². The van der Waals surface area contributed by atoms with Crippen molar-refractivity contribution >= 4 is 16.4 Å². The molecule has 0 bridgehead atoms. The lowest BCUT2D eigenvalue weighted by molar-refractivity contribution is -0.174. The summed E-state index contributed by atoms with van der Waals surface area (Å²) in [5, 5.41) is 0. The Balaban J connectivity index is 2.85. The molecule has 0 aromatic heterocycles. The Kier molecular flexibility index (Phi) is 2.06. The molecule has 6 nitrogen and oxygen atoms in total. The van der Waals surface area contributed by atoms with Crippen LogP contribution in [0.1, 0.15) is 0 Å². The number of halogens is 1. The predicted molar refractivity (Wildman–Crippen MR) is 31.8 cm³/mol. The molecule has 0 aliphatic carbocycles. The minimum Gasteiger partial charge on any atom is -0.465 e. The predicted octanol–water partition coefficient (Wildman–Crippen LogP) is -0.883. The van der Waals surface area contributed by atoms with Gasteiger partial charge in [-0.25, -0.2) is 8.98 Å². The maximum Gasteiger partial charge on any atom is 0.403 e. The SMILES string of the molecule is COC(=O)C1(F)COS(=O)(=O)O1. The third-order valence-corrected chi connectivity index (χ3v) is 1.99. The summed E-state index contributed by atoms with van der Waals surface area (Å²) in [6.07, 6.45) is 0. The lowest BCUT2D eigenvalue weighted by Crippen LogP contribution is -2.37. The summed E-state index contributed by atoms with van der Waals surface area (Å²) in [6.45, 7) is -1.01. The zero-order valence-electron chi connectivity index (χ0n) is 5.94. The van der Waals surface area contributed by atoms with E-state index in [4.69, 9.17) is 0 Å². The Morgan fingerprint density at radius 3 is 2.58 bits per heavy atom. The topological polar surface area (TPSA) is 78.9 Å². The van der Waals surface area contributed by atoms with Gasteiger partial charge in [-0.2, -0.15) is 17.0 Å². The van der Waals surface area contributed by atoms with E-state index >= 15 is 0 Å². The van der Waals surface area contributed by atoms with Gasteiger partial charge in [0.2, 0.25) is 0 Å². The summed E-state index contributed by atoms with van der Waals surface area (Å²) in [4.78, 5) is 10.6. The van der Waals surface area contributed by atoms with Crippen LogP contribution in [0, 0.1) is 0 Å². The second-order valence-corrected chi connectivity index (χ2v) is 3.19. The summed E-state index contributed by atoms with van der Waals surface area (Å²) < 4.78 is 45.2. The van der Waals surface area contributed by atoms with Crippen LogP contribution < -0.4 is 0 Å². The second kappa shape index (κ2) is 2.64. The summed E-state index contributed by atoms with van der Waals surface area (Å²) in [5.74, 6) is -4.48. The van der Waals surface area contributed by atoms with E-state index in [1.54, 1.807) is 0 Å². The fraction of sp³-hybridized carbons (Fsp3) is 0.750. The van der Waals surface area contributed by atoms with Crippen LogP contribution in [0.4, 0.5) is 4.39 Å². The highest BCUT2D eigenvalue weighted by Crippen LogP contribution is 2.26. The second-order valence-electron chi connectivity index (χ2n) is 1.97. The highest BCUT2D eigenvalue weighted by molar-refractivity contribution is 7.82. The van der Waals surface area contributed by atoms with Gasteiger partial charge in [0.15, 0.2) is 0 Å². The number of hydrogen-bond donors (Lipinski definition) is 0. The Morgan fingerprint density at radius 1 is 1.67 bits per heavy atom. The van der Waals surface area contributed by atoms with Crippen LogP contribution in [0.3, 0.4) is 0 Å². The van der Waals surface area contributed by atoms with Crippen molar-refractivity contribution in [3.63, 3.8) is 0 Å². The third kappa shape index (κ3) is 1.54. The molecule has 1 unspecified atom stereocenters. The zero-order chi connectivity index (χ0) is 9.41. The minimum atomic E-state index is -4.38. The molecule has 1 aliphatic rings. The Bertz CT molecular complexity index is 297. The van der Waals surface area contributed by atoms with Gasteiger partial charge in [-0.1, -0.05) is 0 Å². The Hall–Kier alpha value is -0.730. The van der Waals surface area contributed by atoms with E-state index in [9.17, 15) is 17.6 Å². The largest absolute Gasteiger partial charge is 0.465 e. The van der Waals surface area contributed by atoms with E-state index in [0.717, 1.165) is 7.11 Å². The monoisotopic (exact) mass is 200 g/mol. The third-order valence-electron chi connectivity index (χ3n) is 1.11. The van der Waals surface area contributed by atoms with Crippen LogP contribution >= 0.6 is 0 Å². The zero-order valence-corrected chi connectivity index (χ0v) is 6.76. The molecule has 1 fully saturated rings. The van der Waals surface area contributed by atoms with Crippen LogP contribution in [0.2, 0.25) is 0 Å². The van der Waals surface area contributed by atoms with Crippen molar-refractivity contribution in [2.24, 2.45) is 0 Å². The number of alkyl halides is 1. The molecule has 0 radical (unpaired) electrons. The van der Waals surface area contributed by atoms with Gasteiger partial charge < -0.3 is 4.74 Å². The summed E-state index contributed by atoms with van der Waals surface area (Å²) in [6, 6.07) is 0. The first-order valence-electron chi connectivity index (χ1n) is 2.77. The first-order valence-corrected chi connectivity index (χ1v) is 4.10. The number of ether oxygens (including phenoxy) is 1. The van der Waals surface area contributed by atoms with Crippen molar-refractivity contribution in [2.45, 2.75) is 5.85 Å². The molecule has 0 aromatic rings. The number of carbonyl (C=O) groups is 1. The van der Waals surface area contributed by atoms with Gasteiger partial charge in [-0.05, 0) is 0 Å². The number of methoxy groups -OCH3 is 1. The lowest BCUT2D eigenvalue weighted by atomic mass is 10.3. The molecule has 1 heterocycles. The molecule has 0 spiro atoms. The fourth-order valence-corrected chi connectivity index (χ4v) is 1.39. The van der Waals surface area contributed by atoms with E-state index in [0.29, 0.717) is 0 Å². The Labute approximate surface area is 67.5 Å². The summed E-state index contributed by atoms with van der Waals surface area (Å²) in [5.41, 5.74) is 0. The average molecular weight is 200 g/mol. The molecule has 1 rings (SSSR count). The lowest BCUT2D eigenvalue weighted by Gasteiger charge is -2.09. The van der Waals surface area contributed by atoms with E-state index in [1.165, 1.54) is 0 Å². The number of carbonyl (C=O) groups excluding carboxylic acids is 1. The van der Waals surface area contributed by atoms with Crippen LogP contribution in [0.25, 0.3) is 0 Å². The normalized spacial score (nSPS) is 33.2. The van der Waals surface area contributed by atoms with E-state index in [2.05, 4.69) is 13.1 Å². The van der Waals surface area contributed by atoms with Crippen LogP contribution in [-0.2, 0) is 28.3 Å². The molecule has 12 heavy (non-hydrogen) atoms. The summed E-state index contributed by atoms with van der Waals surface area (Å²) >= 11 is 0. The van der Waals surface area contributed by atoms with E-state index in [1.807, 2.05) is 0 Å². The molecule has 1 aliphatic heterocycles. The van der Waals surface area contributed by atoms with Crippen LogP contribution in [0.15, 0.2) is 0 Å². The molecular formula is C4H5FO6S. The van der Waals surface area contributed by atoms with Crippen molar-refractivity contribution in [1.29, 1.82) is 0 Å². The van der Waals surface area contributed by atoms with Gasteiger partial charge in [-0.3, -0.25) is 0 Å².